The van der Waals surface area contributed by atoms with E-state index in [1.807, 2.05) is 0 Å². The summed E-state index contributed by atoms with van der Waals surface area (Å²) in [4.78, 5) is 19.3. The number of halogens is 3. The molecule has 0 aliphatic rings. The maximum absolute atomic E-state index is 12.1. The number of H-pyrrole nitrogens is 1. The second kappa shape index (κ2) is 19.5. The van der Waals surface area contributed by atoms with E-state index in [0.29, 0.717) is 42.9 Å². The van der Waals surface area contributed by atoms with Crippen LogP contribution in [0.2, 0.25) is 0 Å². The maximum Gasteiger partial charge on any atom is 3.00 e. The molecule has 9 nitrogen and oxygen atoms in total. The first-order chi connectivity index (χ1) is 12.1. The molecule has 0 spiro atoms. The molecule has 0 saturated heterocycles. The van der Waals surface area contributed by atoms with Crippen molar-refractivity contribution in [2.45, 2.75) is 19.9 Å². The predicted molar refractivity (Wildman–Crippen MR) is 96.9 cm³/mol. The molecule has 0 aliphatic carbocycles. The van der Waals surface area contributed by atoms with E-state index in [1.165, 1.54) is 0 Å². The van der Waals surface area contributed by atoms with E-state index in [1.54, 1.807) is 25.6 Å². The van der Waals surface area contributed by atoms with Crippen LogP contribution in [0.15, 0.2) is 28.2 Å². The smallest absolute Gasteiger partial charge is 1.00 e. The summed E-state index contributed by atoms with van der Waals surface area (Å²) >= 11 is 3.28. The Bertz CT molecular complexity index is 651. The molecule has 28 heavy (non-hydrogen) atoms. The molecule has 0 atom stereocenters. The average Bonchev–Trinajstić information content (AvgIpc) is 3.10. The molecule has 5 N–H and O–H groups in total. The maximum atomic E-state index is 12.1. The number of nitrogens with two attached hydrogens (primary N) is 1. The van der Waals surface area contributed by atoms with Crippen molar-refractivity contribution in [2.24, 2.45) is 10.7 Å². The average molecular weight is 543 g/mol. The number of rotatable bonds is 8. The second-order valence-corrected chi connectivity index (χ2v) is 5.63. The van der Waals surface area contributed by atoms with Crippen LogP contribution in [0, 0.1) is 0 Å². The van der Waals surface area contributed by atoms with Crippen LogP contribution in [0.1, 0.15) is 24.1 Å². The zero-order chi connectivity index (χ0) is 18.5. The van der Waals surface area contributed by atoms with Crippen LogP contribution in [0.4, 0.5) is 0 Å². The van der Waals surface area contributed by atoms with Gasteiger partial charge in [0, 0.05) is 56.6 Å². The van der Waals surface area contributed by atoms with Gasteiger partial charge in [-0.05, 0) is 22.9 Å². The number of hydrogen-bond acceptors (Lipinski definition) is 8. The molecule has 2 heterocycles. The zero-order valence-corrected chi connectivity index (χ0v) is 19.3. The van der Waals surface area contributed by atoms with Gasteiger partial charge in [-0.1, -0.05) is 0 Å². The Kier molecular flexibility index (Phi) is 22.2. The molecule has 0 aliphatic heterocycles. The van der Waals surface area contributed by atoms with Crippen molar-refractivity contribution in [3.8, 4) is 0 Å². The molecule has 0 radical (unpaired) electrons. The minimum Gasteiger partial charge on any atom is -1.00 e. The summed E-state index contributed by atoms with van der Waals surface area (Å²) in [5.41, 5.74) is 6.61. The van der Waals surface area contributed by atoms with Crippen molar-refractivity contribution < 1.29 is 51.8 Å². The molecule has 0 amide bonds. The fourth-order valence-electron chi connectivity index (χ4n) is 1.72. The normalized spacial score (nSPS) is 9.93. The summed E-state index contributed by atoms with van der Waals surface area (Å²) < 4.78 is 0.533. The number of aromatic nitrogens is 4. The summed E-state index contributed by atoms with van der Waals surface area (Å²) in [6.45, 7) is 3.96. The molecule has 0 bridgehead atoms. The van der Waals surface area contributed by atoms with Gasteiger partial charge in [-0.2, -0.15) is 0 Å². The molecular formula is C15H23BrCl2CoN7O2. The molecule has 160 valence electrons. The van der Waals surface area contributed by atoms with Crippen molar-refractivity contribution in [3.63, 3.8) is 0 Å². The van der Waals surface area contributed by atoms with Crippen molar-refractivity contribution in [3.05, 3.63) is 40.4 Å². The van der Waals surface area contributed by atoms with Gasteiger partial charge in [0.05, 0.1) is 23.0 Å². The van der Waals surface area contributed by atoms with Gasteiger partial charge >= 0.3 is 16.8 Å². The number of nitrogens with zero attached hydrogens (tertiary/aromatic N) is 4. The number of nitrogens with one attached hydrogen (secondary N) is 2. The fourth-order valence-corrected chi connectivity index (χ4v) is 2.08. The Balaban J connectivity index is -0.000000978. The monoisotopic (exact) mass is 541 g/mol. The SMILES string of the molecule is CCO.NCCNCc1ncc(Br)c(C([O-])=NCCc2cnc[nH]2)n1.[Cl-].[Cl-].[Co+3]. The summed E-state index contributed by atoms with van der Waals surface area (Å²) in [5.74, 6) is 0.164. The zero-order valence-electron chi connectivity index (χ0n) is 15.2. The number of hydrogen-bond donors (Lipinski definition) is 4. The molecule has 2 rings (SSSR count). The number of imidazole rings is 1. The molecular weight excluding hydrogens is 520 g/mol. The van der Waals surface area contributed by atoms with Crippen LogP contribution in [0.25, 0.3) is 0 Å². The molecule has 2 aromatic heterocycles. The van der Waals surface area contributed by atoms with Gasteiger partial charge in [-0.25, -0.2) is 15.0 Å². The summed E-state index contributed by atoms with van der Waals surface area (Å²) in [5, 5.41) is 22.8. The molecule has 13 heteroatoms. The van der Waals surface area contributed by atoms with Crippen molar-refractivity contribution in [1.29, 1.82) is 0 Å². The van der Waals surface area contributed by atoms with E-state index in [-0.39, 0.29) is 59.8 Å². The molecule has 0 saturated carbocycles. The van der Waals surface area contributed by atoms with Crippen molar-refractivity contribution in [2.75, 3.05) is 26.2 Å². The van der Waals surface area contributed by atoms with Gasteiger partial charge in [0.1, 0.15) is 5.82 Å². The third kappa shape index (κ3) is 12.6. The first-order valence-electron chi connectivity index (χ1n) is 7.84. The van der Waals surface area contributed by atoms with Crippen molar-refractivity contribution >= 4 is 21.8 Å². The first kappa shape index (κ1) is 31.9. The van der Waals surface area contributed by atoms with Gasteiger partial charge in [0.15, 0.2) is 0 Å². The Morgan fingerprint density at radius 3 is 2.64 bits per heavy atom. The quantitative estimate of drug-likeness (QED) is 0.147. The number of aliphatic hydroxyl groups is 1. The van der Waals surface area contributed by atoms with Gasteiger partial charge in [-0.15, -0.1) is 0 Å². The van der Waals surface area contributed by atoms with Crippen LogP contribution < -0.4 is 41.0 Å². The minimum atomic E-state index is -0.367. The standard InChI is InChI=1S/C13H18BrN7O.C2H6O.2ClH.Co/c14-10-6-19-11(7-16-4-2-15)21-12(10)13(22)18-3-1-9-5-17-8-20-9;1-2-3;;;/h5-6,8,16H,1-4,7,15H2,(H,17,20)(H,18,22);3H,2H2,1H3;2*1H;/q;;;;+3/p-3. The summed E-state index contributed by atoms with van der Waals surface area (Å²) in [6, 6.07) is 0. The van der Waals surface area contributed by atoms with Gasteiger partial charge < -0.3 is 51.1 Å². The van der Waals surface area contributed by atoms with Gasteiger partial charge in [0.2, 0.25) is 0 Å². The first-order valence-corrected chi connectivity index (χ1v) is 8.63. The Morgan fingerprint density at radius 1 is 1.39 bits per heavy atom. The van der Waals surface area contributed by atoms with Crippen LogP contribution >= 0.6 is 15.9 Å². The van der Waals surface area contributed by atoms with E-state index in [4.69, 9.17) is 10.8 Å². The fraction of sp³-hybridized carbons (Fsp3) is 0.467. The minimum absolute atomic E-state index is 0. The van der Waals surface area contributed by atoms with E-state index in [0.717, 1.165) is 5.69 Å². The topological polar surface area (TPSA) is 148 Å². The summed E-state index contributed by atoms with van der Waals surface area (Å²) in [6.07, 6.45) is 5.49. The van der Waals surface area contributed by atoms with E-state index < -0.39 is 0 Å². The third-order valence-electron chi connectivity index (χ3n) is 2.79. The number of aliphatic hydroxyl groups excluding tert-OH is 1. The van der Waals surface area contributed by atoms with E-state index in [9.17, 15) is 5.11 Å². The summed E-state index contributed by atoms with van der Waals surface area (Å²) in [7, 11) is 0. The largest absolute Gasteiger partial charge is 3.00 e. The molecule has 0 aromatic carbocycles. The number of aliphatic imine (C=N–C) groups is 1. The van der Waals surface area contributed by atoms with E-state index in [2.05, 4.69) is 46.2 Å². The molecule has 0 unspecified atom stereocenters. The van der Waals surface area contributed by atoms with Crippen LogP contribution in [0.3, 0.4) is 0 Å². The Morgan fingerprint density at radius 2 is 2.07 bits per heavy atom. The van der Waals surface area contributed by atoms with Crippen LogP contribution in [-0.4, -0.2) is 57.2 Å². The third-order valence-corrected chi connectivity index (χ3v) is 3.37. The Labute approximate surface area is 195 Å². The van der Waals surface area contributed by atoms with E-state index >= 15 is 0 Å². The van der Waals surface area contributed by atoms with Crippen LogP contribution in [-0.2, 0) is 29.7 Å². The molecule has 2 aromatic rings. The predicted octanol–water partition coefficient (Wildman–Crippen LogP) is -6.64. The second-order valence-electron chi connectivity index (χ2n) is 4.78. The van der Waals surface area contributed by atoms with Crippen LogP contribution in [0.5, 0.6) is 0 Å². The Hall–Kier alpha value is -0.794. The molecule has 0 fully saturated rings. The number of aromatic amines is 1. The van der Waals surface area contributed by atoms with Gasteiger partial charge in [0.25, 0.3) is 0 Å². The van der Waals surface area contributed by atoms with Gasteiger partial charge in [-0.3, -0.25) is 4.99 Å². The van der Waals surface area contributed by atoms with Crippen molar-refractivity contribution in [1.82, 2.24) is 25.3 Å².